The second-order valence-electron chi connectivity index (χ2n) is 3.80. The minimum absolute atomic E-state index is 0.0366. The van der Waals surface area contributed by atoms with Crippen LogP contribution in [-0.4, -0.2) is 59.4 Å². The van der Waals surface area contributed by atoms with Gasteiger partial charge in [0, 0.05) is 12.3 Å². The fourth-order valence-electron chi connectivity index (χ4n) is 1.60. The lowest BCUT2D eigenvalue weighted by molar-refractivity contribution is -0.101. The molecule has 5 nitrogen and oxygen atoms in total. The van der Waals surface area contributed by atoms with E-state index in [0.717, 1.165) is 0 Å². The van der Waals surface area contributed by atoms with Gasteiger partial charge in [-0.25, -0.2) is 8.42 Å². The van der Waals surface area contributed by atoms with Crippen LogP contribution >= 0.6 is 0 Å². The molecule has 1 saturated heterocycles. The van der Waals surface area contributed by atoms with Gasteiger partial charge in [0.15, 0.2) is 0 Å². The van der Waals surface area contributed by atoms with Gasteiger partial charge in [-0.15, -0.1) is 0 Å². The zero-order chi connectivity index (χ0) is 11.3. The fourth-order valence-corrected chi connectivity index (χ4v) is 2.28. The molecule has 90 valence electrons. The summed E-state index contributed by atoms with van der Waals surface area (Å²) in [6.45, 7) is 1.75. The van der Waals surface area contributed by atoms with Crippen molar-refractivity contribution < 1.29 is 17.9 Å². The van der Waals surface area contributed by atoms with Crippen LogP contribution in [0.3, 0.4) is 0 Å². The van der Waals surface area contributed by atoms with E-state index >= 15 is 0 Å². The first-order valence-electron chi connectivity index (χ1n) is 5.07. The minimum Gasteiger partial charge on any atom is -0.376 e. The molecule has 0 radical (unpaired) electrons. The molecular weight excluding hydrogens is 218 g/mol. The first-order chi connectivity index (χ1) is 7.03. The second kappa shape index (κ2) is 5.79. The number of hydrogen-bond acceptors (Lipinski definition) is 5. The Labute approximate surface area is 91.1 Å². The smallest absolute Gasteiger partial charge is 0.147 e. The highest BCUT2D eigenvalue weighted by molar-refractivity contribution is 7.90. The van der Waals surface area contributed by atoms with E-state index in [1.807, 2.05) is 7.05 Å². The van der Waals surface area contributed by atoms with E-state index in [2.05, 4.69) is 5.32 Å². The van der Waals surface area contributed by atoms with Crippen molar-refractivity contribution in [1.82, 2.24) is 5.32 Å². The molecule has 1 aliphatic heterocycles. The van der Waals surface area contributed by atoms with Gasteiger partial charge in [0.1, 0.15) is 9.84 Å². The summed E-state index contributed by atoms with van der Waals surface area (Å²) in [5.41, 5.74) is 0. The first-order valence-corrected chi connectivity index (χ1v) is 7.13. The van der Waals surface area contributed by atoms with Crippen molar-refractivity contribution in [3.63, 3.8) is 0 Å². The molecule has 1 aliphatic rings. The van der Waals surface area contributed by atoms with Crippen LogP contribution in [0.4, 0.5) is 0 Å². The van der Waals surface area contributed by atoms with Gasteiger partial charge in [-0.1, -0.05) is 0 Å². The van der Waals surface area contributed by atoms with Gasteiger partial charge in [-0.3, -0.25) is 0 Å². The summed E-state index contributed by atoms with van der Waals surface area (Å²) < 4.78 is 32.9. The Morgan fingerprint density at radius 3 is 2.67 bits per heavy atom. The highest BCUT2D eigenvalue weighted by atomic mass is 32.2. The molecule has 1 heterocycles. The van der Waals surface area contributed by atoms with Crippen LogP contribution in [0.15, 0.2) is 0 Å². The Balaban J connectivity index is 2.40. The van der Waals surface area contributed by atoms with E-state index in [9.17, 15) is 8.42 Å². The number of likely N-dealkylation sites (N-methyl/N-ethyl adjacent to an activating group) is 1. The van der Waals surface area contributed by atoms with Crippen LogP contribution in [0.5, 0.6) is 0 Å². The van der Waals surface area contributed by atoms with Gasteiger partial charge in [0.2, 0.25) is 0 Å². The Kier molecular flexibility index (Phi) is 4.98. The molecule has 0 saturated carbocycles. The third-order valence-corrected chi connectivity index (χ3v) is 3.44. The topological polar surface area (TPSA) is 64.6 Å². The van der Waals surface area contributed by atoms with Gasteiger partial charge < -0.3 is 14.8 Å². The molecule has 6 heteroatoms. The maximum absolute atomic E-state index is 11.0. The highest BCUT2D eigenvalue weighted by Crippen LogP contribution is 2.09. The van der Waals surface area contributed by atoms with Crippen molar-refractivity contribution in [2.45, 2.75) is 18.6 Å². The number of nitrogens with one attached hydrogen (secondary N) is 1. The van der Waals surface area contributed by atoms with Crippen molar-refractivity contribution in [3.8, 4) is 0 Å². The van der Waals surface area contributed by atoms with Crippen molar-refractivity contribution in [2.24, 2.45) is 0 Å². The number of hydrogen-bond donors (Lipinski definition) is 1. The van der Waals surface area contributed by atoms with Gasteiger partial charge in [0.25, 0.3) is 0 Å². The molecule has 0 bridgehead atoms. The molecule has 1 fully saturated rings. The quantitative estimate of drug-likeness (QED) is 0.693. The maximum atomic E-state index is 11.0. The largest absolute Gasteiger partial charge is 0.376 e. The summed E-state index contributed by atoms with van der Waals surface area (Å²) in [4.78, 5) is 0. The van der Waals surface area contributed by atoms with Gasteiger partial charge in [-0.05, 0) is 13.5 Å². The van der Waals surface area contributed by atoms with Crippen LogP contribution in [0.1, 0.15) is 6.42 Å². The summed E-state index contributed by atoms with van der Waals surface area (Å²) in [7, 11) is -1.09. The average Bonchev–Trinajstić information content (AvgIpc) is 2.19. The molecule has 2 unspecified atom stereocenters. The third kappa shape index (κ3) is 4.92. The van der Waals surface area contributed by atoms with Gasteiger partial charge in [-0.2, -0.15) is 0 Å². The third-order valence-electron chi connectivity index (χ3n) is 2.46. The van der Waals surface area contributed by atoms with Crippen LogP contribution < -0.4 is 5.32 Å². The van der Waals surface area contributed by atoms with E-state index < -0.39 is 9.84 Å². The normalized spacial score (nSPS) is 25.1. The summed E-state index contributed by atoms with van der Waals surface area (Å²) >= 11 is 0. The molecule has 0 aromatic rings. The average molecular weight is 237 g/mol. The molecule has 0 amide bonds. The lowest BCUT2D eigenvalue weighted by atomic mass is 10.1. The number of ether oxygens (including phenoxy) is 2. The highest BCUT2D eigenvalue weighted by Gasteiger charge is 2.24. The van der Waals surface area contributed by atoms with E-state index in [-0.39, 0.29) is 17.9 Å². The van der Waals surface area contributed by atoms with E-state index in [1.165, 1.54) is 6.26 Å². The van der Waals surface area contributed by atoms with Crippen LogP contribution in [0.25, 0.3) is 0 Å². The summed E-state index contributed by atoms with van der Waals surface area (Å²) in [5.74, 6) is 0.179. The van der Waals surface area contributed by atoms with Crippen LogP contribution in [0, 0.1) is 0 Å². The summed E-state index contributed by atoms with van der Waals surface area (Å²) in [6.07, 6.45) is 1.77. The van der Waals surface area contributed by atoms with Gasteiger partial charge in [0.05, 0.1) is 31.7 Å². The molecular formula is C9H19NO4S. The summed E-state index contributed by atoms with van der Waals surface area (Å²) in [6, 6.07) is 0.0417. The molecule has 1 rings (SSSR count). The lowest BCUT2D eigenvalue weighted by Crippen LogP contribution is -2.46. The Morgan fingerprint density at radius 2 is 2.20 bits per heavy atom. The van der Waals surface area contributed by atoms with E-state index in [0.29, 0.717) is 26.2 Å². The molecule has 2 atom stereocenters. The molecule has 0 spiro atoms. The monoisotopic (exact) mass is 237 g/mol. The molecule has 0 aromatic heterocycles. The van der Waals surface area contributed by atoms with Crippen LogP contribution in [-0.2, 0) is 19.3 Å². The Bertz CT molecular complexity index is 272. The number of rotatable bonds is 5. The van der Waals surface area contributed by atoms with Crippen molar-refractivity contribution >= 4 is 9.84 Å². The minimum atomic E-state index is -2.90. The fraction of sp³-hybridized carbons (Fsp3) is 1.00. The van der Waals surface area contributed by atoms with Crippen molar-refractivity contribution in [2.75, 3.05) is 38.9 Å². The summed E-state index contributed by atoms with van der Waals surface area (Å²) in [5, 5.41) is 3.07. The predicted molar refractivity (Wildman–Crippen MR) is 57.7 cm³/mol. The van der Waals surface area contributed by atoms with Crippen molar-refractivity contribution in [3.05, 3.63) is 0 Å². The van der Waals surface area contributed by atoms with E-state index in [4.69, 9.17) is 9.47 Å². The second-order valence-corrected chi connectivity index (χ2v) is 6.06. The molecule has 0 aromatic carbocycles. The lowest BCUT2D eigenvalue weighted by Gasteiger charge is -2.30. The molecule has 1 N–H and O–H groups in total. The maximum Gasteiger partial charge on any atom is 0.147 e. The zero-order valence-corrected chi connectivity index (χ0v) is 10.0. The van der Waals surface area contributed by atoms with Gasteiger partial charge >= 0.3 is 0 Å². The predicted octanol–water partition coefficient (Wildman–Crippen LogP) is -0.575. The molecule has 0 aliphatic carbocycles. The van der Waals surface area contributed by atoms with Crippen LogP contribution in [0.2, 0.25) is 0 Å². The van der Waals surface area contributed by atoms with E-state index in [1.54, 1.807) is 0 Å². The molecule has 15 heavy (non-hydrogen) atoms. The van der Waals surface area contributed by atoms with Crippen molar-refractivity contribution in [1.29, 1.82) is 0 Å². The zero-order valence-electron chi connectivity index (χ0n) is 9.23. The number of sulfone groups is 1. The SMILES string of the molecule is CNC(CCS(C)(=O)=O)C1COCCO1. The Morgan fingerprint density at radius 1 is 1.47 bits per heavy atom. The first kappa shape index (κ1) is 12.9. The Hall–Kier alpha value is -0.170. The standard InChI is InChI=1S/C9H19NO4S/c1-10-8(3-6-15(2,11)12)9-7-13-4-5-14-9/h8-10H,3-7H2,1-2H3.